The summed E-state index contributed by atoms with van der Waals surface area (Å²) in [5, 5.41) is 5.25. The van der Waals surface area contributed by atoms with E-state index in [1.807, 2.05) is 0 Å². The zero-order valence-corrected chi connectivity index (χ0v) is 16.2. The molecule has 5 amide bonds. The number of benzene rings is 1. The number of amides is 5. The quantitative estimate of drug-likeness (QED) is 0.747. The van der Waals surface area contributed by atoms with Gasteiger partial charge in [-0.05, 0) is 30.9 Å². The molecule has 1 heterocycles. The number of hydrogen-bond acceptors (Lipinski definition) is 4. The highest BCUT2D eigenvalue weighted by molar-refractivity contribution is 6.43. The normalized spacial score (nSPS) is 21.8. The summed E-state index contributed by atoms with van der Waals surface area (Å²) in [5.74, 6) is -1.71. The van der Waals surface area contributed by atoms with Crippen LogP contribution in [0.3, 0.4) is 0 Å². The molecule has 1 saturated carbocycles. The molecule has 144 valence electrons. The summed E-state index contributed by atoms with van der Waals surface area (Å²) in [4.78, 5) is 49.7. The average Bonchev–Trinajstić information content (AvgIpc) is 2.82. The maximum absolute atomic E-state index is 12.4. The molecule has 1 aromatic rings. The van der Waals surface area contributed by atoms with Gasteiger partial charge in [0.05, 0.1) is 21.2 Å². The van der Waals surface area contributed by atoms with Gasteiger partial charge < -0.3 is 5.32 Å². The van der Waals surface area contributed by atoms with E-state index in [0.29, 0.717) is 5.92 Å². The molecule has 9 heteroatoms. The van der Waals surface area contributed by atoms with Crippen molar-refractivity contribution in [2.24, 2.45) is 5.92 Å². The fourth-order valence-electron chi connectivity index (χ4n) is 3.47. The first kappa shape index (κ1) is 19.6. The van der Waals surface area contributed by atoms with Gasteiger partial charge in [-0.3, -0.25) is 24.6 Å². The zero-order chi connectivity index (χ0) is 19.7. The topological polar surface area (TPSA) is 95.6 Å². The third-order valence-corrected chi connectivity index (χ3v) is 5.72. The van der Waals surface area contributed by atoms with Crippen LogP contribution in [0, 0.1) is 5.92 Å². The summed E-state index contributed by atoms with van der Waals surface area (Å²) >= 11 is 11.8. The summed E-state index contributed by atoms with van der Waals surface area (Å²) < 4.78 is 0. The SMILES string of the molecule is C[C@H]1CCCC[C@@H]1NC(=O)NC(=O)CN1C(=O)c2cc(Cl)c(Cl)cc2C1=O. The van der Waals surface area contributed by atoms with Crippen molar-refractivity contribution in [3.63, 3.8) is 0 Å². The van der Waals surface area contributed by atoms with Crippen LogP contribution in [0.25, 0.3) is 0 Å². The number of nitrogens with one attached hydrogen (secondary N) is 2. The summed E-state index contributed by atoms with van der Waals surface area (Å²) in [6.07, 6.45) is 4.05. The van der Waals surface area contributed by atoms with Gasteiger partial charge in [-0.2, -0.15) is 0 Å². The van der Waals surface area contributed by atoms with Gasteiger partial charge >= 0.3 is 6.03 Å². The van der Waals surface area contributed by atoms with Crippen LogP contribution in [-0.4, -0.2) is 41.2 Å². The minimum absolute atomic E-state index is 0.00939. The van der Waals surface area contributed by atoms with Gasteiger partial charge in [-0.1, -0.05) is 43.0 Å². The second kappa shape index (κ2) is 7.86. The molecule has 0 radical (unpaired) electrons. The van der Waals surface area contributed by atoms with Crippen molar-refractivity contribution in [3.8, 4) is 0 Å². The van der Waals surface area contributed by atoms with Gasteiger partial charge in [0.1, 0.15) is 6.54 Å². The van der Waals surface area contributed by atoms with Crippen molar-refractivity contribution in [3.05, 3.63) is 33.3 Å². The van der Waals surface area contributed by atoms with E-state index in [9.17, 15) is 19.2 Å². The van der Waals surface area contributed by atoms with Crippen molar-refractivity contribution >= 4 is 47.0 Å². The molecule has 0 saturated heterocycles. The monoisotopic (exact) mass is 411 g/mol. The molecule has 2 aliphatic rings. The van der Waals surface area contributed by atoms with E-state index in [4.69, 9.17) is 23.2 Å². The lowest BCUT2D eigenvalue weighted by atomic mass is 9.86. The summed E-state index contributed by atoms with van der Waals surface area (Å²) in [5.41, 5.74) is 0.172. The standard InChI is InChI=1S/C18H19Cl2N3O4/c1-9-4-2-3-5-14(9)21-18(27)22-15(24)8-23-16(25)10-6-12(19)13(20)7-11(10)17(23)26/h6-7,9,14H,2-5,8H2,1H3,(H2,21,22,24,27)/t9-,14-/m0/s1. The number of rotatable bonds is 3. The number of urea groups is 1. The fraction of sp³-hybridized carbons (Fsp3) is 0.444. The number of carbonyl (C=O) groups excluding carboxylic acids is 4. The minimum atomic E-state index is -0.748. The molecule has 2 N–H and O–H groups in total. The molecule has 3 rings (SSSR count). The number of hydrogen-bond donors (Lipinski definition) is 2. The van der Waals surface area contributed by atoms with Crippen LogP contribution in [0.1, 0.15) is 53.3 Å². The highest BCUT2D eigenvalue weighted by Crippen LogP contribution is 2.31. The van der Waals surface area contributed by atoms with Gasteiger partial charge in [0.15, 0.2) is 0 Å². The molecular weight excluding hydrogens is 393 g/mol. The van der Waals surface area contributed by atoms with E-state index in [1.165, 1.54) is 12.1 Å². The Balaban J connectivity index is 1.60. The van der Waals surface area contributed by atoms with Gasteiger partial charge in [0.2, 0.25) is 5.91 Å². The van der Waals surface area contributed by atoms with E-state index in [2.05, 4.69) is 17.6 Å². The van der Waals surface area contributed by atoms with Crippen LogP contribution < -0.4 is 10.6 Å². The average molecular weight is 412 g/mol. The summed E-state index contributed by atoms with van der Waals surface area (Å²) in [6.45, 7) is 1.50. The molecule has 0 spiro atoms. The largest absolute Gasteiger partial charge is 0.335 e. The van der Waals surface area contributed by atoms with Crippen LogP contribution in [0.5, 0.6) is 0 Å². The molecule has 1 fully saturated rings. The second-order valence-electron chi connectivity index (χ2n) is 6.90. The summed E-state index contributed by atoms with van der Waals surface area (Å²) in [7, 11) is 0. The van der Waals surface area contributed by atoms with Crippen LogP contribution in [0.2, 0.25) is 10.0 Å². The molecule has 2 atom stereocenters. The van der Waals surface area contributed by atoms with Crippen LogP contribution in [0.15, 0.2) is 12.1 Å². The Morgan fingerprint density at radius 2 is 1.63 bits per heavy atom. The predicted molar refractivity (Wildman–Crippen MR) is 99.9 cm³/mol. The molecule has 1 aromatic carbocycles. The second-order valence-corrected chi connectivity index (χ2v) is 7.71. The first-order valence-corrected chi connectivity index (χ1v) is 9.49. The third-order valence-electron chi connectivity index (χ3n) is 4.99. The van der Waals surface area contributed by atoms with E-state index >= 15 is 0 Å². The van der Waals surface area contributed by atoms with E-state index in [-0.39, 0.29) is 27.2 Å². The van der Waals surface area contributed by atoms with Crippen molar-refractivity contribution in [1.29, 1.82) is 0 Å². The molecule has 0 bridgehead atoms. The number of fused-ring (bicyclic) bond motifs is 1. The smallest absolute Gasteiger partial charge is 0.321 e. The van der Waals surface area contributed by atoms with Crippen molar-refractivity contribution < 1.29 is 19.2 Å². The summed E-state index contributed by atoms with van der Waals surface area (Å²) in [6, 6.07) is 1.99. The first-order valence-electron chi connectivity index (χ1n) is 8.73. The molecule has 0 unspecified atom stereocenters. The lowest BCUT2D eigenvalue weighted by Crippen LogP contribution is -2.50. The van der Waals surface area contributed by atoms with E-state index in [1.54, 1.807) is 0 Å². The molecule has 1 aliphatic heterocycles. The fourth-order valence-corrected chi connectivity index (χ4v) is 3.80. The number of imide groups is 2. The minimum Gasteiger partial charge on any atom is -0.335 e. The van der Waals surface area contributed by atoms with Crippen molar-refractivity contribution in [1.82, 2.24) is 15.5 Å². The van der Waals surface area contributed by atoms with Crippen molar-refractivity contribution in [2.75, 3.05) is 6.54 Å². The van der Waals surface area contributed by atoms with Crippen LogP contribution in [-0.2, 0) is 4.79 Å². The van der Waals surface area contributed by atoms with Gasteiger partial charge in [-0.15, -0.1) is 0 Å². The number of carbonyl (C=O) groups is 4. The van der Waals surface area contributed by atoms with Gasteiger partial charge in [-0.25, -0.2) is 4.79 Å². The lowest BCUT2D eigenvalue weighted by molar-refractivity contribution is -0.120. The first-order chi connectivity index (χ1) is 12.8. The van der Waals surface area contributed by atoms with Gasteiger partial charge in [0, 0.05) is 6.04 Å². The maximum atomic E-state index is 12.4. The highest BCUT2D eigenvalue weighted by atomic mass is 35.5. The Morgan fingerprint density at radius 1 is 1.07 bits per heavy atom. The Bertz CT molecular complexity index is 786. The predicted octanol–water partition coefficient (Wildman–Crippen LogP) is 2.99. The third kappa shape index (κ3) is 4.09. The van der Waals surface area contributed by atoms with Crippen molar-refractivity contribution in [2.45, 2.75) is 38.6 Å². The zero-order valence-electron chi connectivity index (χ0n) is 14.7. The molecule has 7 nitrogen and oxygen atoms in total. The molecule has 27 heavy (non-hydrogen) atoms. The highest BCUT2D eigenvalue weighted by Gasteiger charge is 2.37. The molecule has 0 aromatic heterocycles. The van der Waals surface area contributed by atoms with Gasteiger partial charge in [0.25, 0.3) is 11.8 Å². The molecular formula is C18H19Cl2N3O4. The Hall–Kier alpha value is -2.12. The molecule has 1 aliphatic carbocycles. The Labute approximate surface area is 166 Å². The van der Waals surface area contributed by atoms with Crippen LogP contribution in [0.4, 0.5) is 4.79 Å². The van der Waals surface area contributed by atoms with Crippen LogP contribution >= 0.6 is 23.2 Å². The Morgan fingerprint density at radius 3 is 2.19 bits per heavy atom. The lowest BCUT2D eigenvalue weighted by Gasteiger charge is -2.29. The maximum Gasteiger partial charge on any atom is 0.321 e. The number of halogens is 2. The number of nitrogens with zero attached hydrogens (tertiary/aromatic N) is 1. The van der Waals surface area contributed by atoms with E-state index in [0.717, 1.165) is 30.6 Å². The Kier molecular flexibility index (Phi) is 5.72. The van der Waals surface area contributed by atoms with E-state index < -0.39 is 30.3 Å².